The Hall–Kier alpha value is -0.860. The highest BCUT2D eigenvalue weighted by molar-refractivity contribution is 5.38. The SMILES string of the molecule is CN[C@H]1CC2O[C@@H]1c1ccccc12. The first-order valence-electron chi connectivity index (χ1n) is 4.81. The van der Waals surface area contributed by atoms with Crippen molar-refractivity contribution in [1.29, 1.82) is 0 Å². The Morgan fingerprint density at radius 1 is 1.31 bits per heavy atom. The van der Waals surface area contributed by atoms with E-state index in [9.17, 15) is 0 Å². The molecule has 2 nitrogen and oxygen atoms in total. The molecule has 3 rings (SSSR count). The molecule has 1 aromatic rings. The van der Waals surface area contributed by atoms with Gasteiger partial charge in [0.1, 0.15) is 0 Å². The van der Waals surface area contributed by atoms with Gasteiger partial charge in [-0.05, 0) is 24.6 Å². The van der Waals surface area contributed by atoms with Crippen LogP contribution >= 0.6 is 0 Å². The predicted molar refractivity (Wildman–Crippen MR) is 50.5 cm³/mol. The smallest absolute Gasteiger partial charge is 0.0990 e. The summed E-state index contributed by atoms with van der Waals surface area (Å²) < 4.78 is 5.88. The lowest BCUT2D eigenvalue weighted by Gasteiger charge is -2.20. The van der Waals surface area contributed by atoms with Crippen molar-refractivity contribution in [3.8, 4) is 0 Å². The van der Waals surface area contributed by atoms with Gasteiger partial charge in [-0.2, -0.15) is 0 Å². The first-order valence-corrected chi connectivity index (χ1v) is 4.81. The van der Waals surface area contributed by atoms with Gasteiger partial charge in [-0.3, -0.25) is 0 Å². The average molecular weight is 175 g/mol. The molecule has 13 heavy (non-hydrogen) atoms. The van der Waals surface area contributed by atoms with Crippen LogP contribution in [0.5, 0.6) is 0 Å². The number of benzene rings is 1. The van der Waals surface area contributed by atoms with Crippen LogP contribution in [0.1, 0.15) is 29.8 Å². The maximum Gasteiger partial charge on any atom is 0.0990 e. The fraction of sp³-hybridized carbons (Fsp3) is 0.455. The molecule has 1 N–H and O–H groups in total. The number of likely N-dealkylation sites (N-methyl/N-ethyl adjacent to an activating group) is 1. The van der Waals surface area contributed by atoms with Crippen molar-refractivity contribution in [2.75, 3.05) is 7.05 Å². The van der Waals surface area contributed by atoms with E-state index in [0.29, 0.717) is 18.2 Å². The van der Waals surface area contributed by atoms with Crippen molar-refractivity contribution in [1.82, 2.24) is 5.32 Å². The molecule has 0 aromatic heterocycles. The topological polar surface area (TPSA) is 21.3 Å². The summed E-state index contributed by atoms with van der Waals surface area (Å²) in [5.41, 5.74) is 2.79. The summed E-state index contributed by atoms with van der Waals surface area (Å²) in [6.07, 6.45) is 1.77. The Labute approximate surface area is 77.9 Å². The van der Waals surface area contributed by atoms with Gasteiger partial charge in [0.15, 0.2) is 0 Å². The van der Waals surface area contributed by atoms with Crippen LogP contribution < -0.4 is 5.32 Å². The van der Waals surface area contributed by atoms with E-state index in [2.05, 4.69) is 29.6 Å². The highest BCUT2D eigenvalue weighted by Gasteiger charge is 2.43. The number of fused-ring (bicyclic) bond motifs is 5. The van der Waals surface area contributed by atoms with Gasteiger partial charge in [-0.1, -0.05) is 24.3 Å². The Morgan fingerprint density at radius 2 is 2.08 bits per heavy atom. The van der Waals surface area contributed by atoms with Crippen molar-refractivity contribution in [2.45, 2.75) is 24.7 Å². The van der Waals surface area contributed by atoms with Gasteiger partial charge in [-0.25, -0.2) is 0 Å². The molecule has 0 spiro atoms. The Balaban J connectivity index is 2.07. The quantitative estimate of drug-likeness (QED) is 0.702. The van der Waals surface area contributed by atoms with E-state index in [-0.39, 0.29) is 0 Å². The van der Waals surface area contributed by atoms with E-state index >= 15 is 0 Å². The van der Waals surface area contributed by atoms with Crippen molar-refractivity contribution < 1.29 is 4.74 Å². The molecule has 2 bridgehead atoms. The molecule has 2 aliphatic rings. The lowest BCUT2D eigenvalue weighted by molar-refractivity contribution is 0.0654. The van der Waals surface area contributed by atoms with Crippen molar-refractivity contribution in [3.05, 3.63) is 35.4 Å². The summed E-state index contributed by atoms with van der Waals surface area (Å²) in [7, 11) is 2.01. The molecule has 0 saturated carbocycles. The van der Waals surface area contributed by atoms with Crippen molar-refractivity contribution in [2.24, 2.45) is 0 Å². The number of ether oxygens (including phenoxy) is 1. The molecule has 1 aromatic carbocycles. The molecule has 2 aliphatic heterocycles. The fourth-order valence-corrected chi connectivity index (χ4v) is 2.50. The third-order valence-electron chi connectivity index (χ3n) is 3.16. The molecular formula is C11H13NO. The molecular weight excluding hydrogens is 162 g/mol. The predicted octanol–water partition coefficient (Wildman–Crippen LogP) is 1.79. The summed E-state index contributed by atoms with van der Waals surface area (Å²) >= 11 is 0. The molecule has 3 atom stereocenters. The maximum atomic E-state index is 5.88. The van der Waals surface area contributed by atoms with Gasteiger partial charge < -0.3 is 10.1 Å². The summed E-state index contributed by atoms with van der Waals surface area (Å²) in [5.74, 6) is 0. The zero-order valence-corrected chi connectivity index (χ0v) is 7.66. The van der Waals surface area contributed by atoms with Crippen LogP contribution in [0, 0.1) is 0 Å². The molecule has 1 saturated heterocycles. The standard InChI is InChI=1S/C11H13NO/c1-12-9-6-10-7-4-2-3-5-8(7)11(9)13-10/h2-5,9-12H,6H2,1H3/t9-,10?,11+/m0/s1. The minimum absolute atomic E-state index is 0.297. The zero-order valence-electron chi connectivity index (χ0n) is 7.66. The number of rotatable bonds is 1. The summed E-state index contributed by atoms with van der Waals surface area (Å²) in [4.78, 5) is 0. The van der Waals surface area contributed by atoms with Crippen molar-refractivity contribution in [3.63, 3.8) is 0 Å². The Morgan fingerprint density at radius 3 is 2.85 bits per heavy atom. The van der Waals surface area contributed by atoms with Crippen LogP contribution in [-0.4, -0.2) is 13.1 Å². The monoisotopic (exact) mass is 175 g/mol. The van der Waals surface area contributed by atoms with Gasteiger partial charge in [-0.15, -0.1) is 0 Å². The van der Waals surface area contributed by atoms with Crippen LogP contribution in [-0.2, 0) is 4.74 Å². The molecule has 1 fully saturated rings. The van der Waals surface area contributed by atoms with E-state index in [1.165, 1.54) is 11.1 Å². The average Bonchev–Trinajstić information content (AvgIpc) is 2.75. The molecule has 2 heterocycles. The molecule has 1 unspecified atom stereocenters. The van der Waals surface area contributed by atoms with Gasteiger partial charge in [0.2, 0.25) is 0 Å². The minimum atomic E-state index is 0.297. The summed E-state index contributed by atoms with van der Waals surface area (Å²) in [6.45, 7) is 0. The zero-order chi connectivity index (χ0) is 8.84. The summed E-state index contributed by atoms with van der Waals surface area (Å²) in [5, 5.41) is 3.31. The van der Waals surface area contributed by atoms with Gasteiger partial charge in [0, 0.05) is 6.04 Å². The summed E-state index contributed by atoms with van der Waals surface area (Å²) in [6, 6.07) is 9.07. The second kappa shape index (κ2) is 2.56. The lowest BCUT2D eigenvalue weighted by Crippen LogP contribution is -2.29. The largest absolute Gasteiger partial charge is 0.364 e. The third kappa shape index (κ3) is 0.901. The first-order chi connectivity index (χ1) is 6.40. The van der Waals surface area contributed by atoms with Crippen molar-refractivity contribution >= 4 is 0 Å². The normalized spacial score (nSPS) is 35.0. The number of nitrogens with one attached hydrogen (secondary N) is 1. The second-order valence-corrected chi connectivity index (χ2v) is 3.81. The second-order valence-electron chi connectivity index (χ2n) is 3.81. The highest BCUT2D eigenvalue weighted by atomic mass is 16.5. The lowest BCUT2D eigenvalue weighted by atomic mass is 9.88. The van der Waals surface area contributed by atoms with E-state index in [1.54, 1.807) is 0 Å². The highest BCUT2D eigenvalue weighted by Crippen LogP contribution is 2.50. The van der Waals surface area contributed by atoms with Gasteiger partial charge in [0.05, 0.1) is 12.2 Å². The van der Waals surface area contributed by atoms with E-state index in [0.717, 1.165) is 6.42 Å². The van der Waals surface area contributed by atoms with E-state index in [4.69, 9.17) is 4.74 Å². The van der Waals surface area contributed by atoms with Crippen LogP contribution in [0.15, 0.2) is 24.3 Å². The molecule has 0 radical (unpaired) electrons. The Bertz CT molecular complexity index is 335. The third-order valence-corrected chi connectivity index (χ3v) is 3.16. The maximum absolute atomic E-state index is 5.88. The first kappa shape index (κ1) is 7.54. The molecule has 2 heteroatoms. The number of hydrogen-bond acceptors (Lipinski definition) is 2. The van der Waals surface area contributed by atoms with Crippen LogP contribution in [0.2, 0.25) is 0 Å². The number of hydrogen-bond donors (Lipinski definition) is 1. The minimum Gasteiger partial charge on any atom is -0.364 e. The fourth-order valence-electron chi connectivity index (χ4n) is 2.50. The van der Waals surface area contributed by atoms with Gasteiger partial charge >= 0.3 is 0 Å². The van der Waals surface area contributed by atoms with Crippen LogP contribution in [0.3, 0.4) is 0 Å². The molecule has 68 valence electrons. The van der Waals surface area contributed by atoms with E-state index in [1.807, 2.05) is 7.05 Å². The van der Waals surface area contributed by atoms with Crippen LogP contribution in [0.4, 0.5) is 0 Å². The van der Waals surface area contributed by atoms with Gasteiger partial charge in [0.25, 0.3) is 0 Å². The van der Waals surface area contributed by atoms with E-state index < -0.39 is 0 Å². The molecule has 0 amide bonds. The van der Waals surface area contributed by atoms with Crippen LogP contribution in [0.25, 0.3) is 0 Å². The Kier molecular flexibility index (Phi) is 1.49. The molecule has 0 aliphatic carbocycles.